The third-order valence-corrected chi connectivity index (χ3v) is 4.94. The summed E-state index contributed by atoms with van der Waals surface area (Å²) in [5, 5.41) is 2.39. The SMILES string of the molecule is CC.CC.CC.CN1CCCC1.CN1CCCC1.c1ccc2c(c1)oc1ccccc12. The second-order valence-electron chi connectivity index (χ2n) is 7.12. The molecule has 0 saturated carbocycles. The predicted octanol–water partition coefficient (Wildman–Crippen LogP) is 8.09. The number of benzene rings is 2. The largest absolute Gasteiger partial charge is 0.456 e. The van der Waals surface area contributed by atoms with E-state index in [1.165, 1.54) is 62.6 Å². The Morgan fingerprint density at radius 2 is 0.806 bits per heavy atom. The first-order chi connectivity index (χ1) is 15.2. The Balaban J connectivity index is 0.000000425. The van der Waals surface area contributed by atoms with Crippen LogP contribution in [0, 0.1) is 0 Å². The van der Waals surface area contributed by atoms with Gasteiger partial charge in [-0.2, -0.15) is 0 Å². The van der Waals surface area contributed by atoms with E-state index in [-0.39, 0.29) is 0 Å². The van der Waals surface area contributed by atoms with Crippen LogP contribution in [0.4, 0.5) is 0 Å². The molecule has 2 fully saturated rings. The van der Waals surface area contributed by atoms with Gasteiger partial charge in [0, 0.05) is 10.8 Å². The van der Waals surface area contributed by atoms with Crippen LogP contribution in [0.1, 0.15) is 67.2 Å². The summed E-state index contributed by atoms with van der Waals surface area (Å²) in [6.07, 6.45) is 5.65. The first kappa shape index (κ1) is 29.2. The molecule has 3 heteroatoms. The van der Waals surface area contributed by atoms with Crippen molar-refractivity contribution in [3.8, 4) is 0 Å². The van der Waals surface area contributed by atoms with Gasteiger partial charge in [0.15, 0.2) is 0 Å². The van der Waals surface area contributed by atoms with Crippen molar-refractivity contribution < 1.29 is 4.42 Å². The zero-order valence-electron chi connectivity index (χ0n) is 21.6. The van der Waals surface area contributed by atoms with Crippen LogP contribution >= 0.6 is 0 Å². The van der Waals surface area contributed by atoms with Gasteiger partial charge in [0.25, 0.3) is 0 Å². The van der Waals surface area contributed by atoms with Crippen LogP contribution in [0.25, 0.3) is 21.9 Å². The quantitative estimate of drug-likeness (QED) is 0.361. The molecule has 2 aliphatic heterocycles. The minimum absolute atomic E-state index is 0.962. The Hall–Kier alpha value is -1.84. The molecule has 0 unspecified atom stereocenters. The van der Waals surface area contributed by atoms with Crippen molar-refractivity contribution in [2.75, 3.05) is 40.3 Å². The average molecular weight is 429 g/mol. The number of para-hydroxylation sites is 2. The Kier molecular flexibility index (Phi) is 17.8. The second kappa shape index (κ2) is 18.9. The average Bonchev–Trinajstić information content (AvgIpc) is 3.60. The second-order valence-corrected chi connectivity index (χ2v) is 7.12. The van der Waals surface area contributed by atoms with Gasteiger partial charge in [-0.05, 0) is 78.1 Å². The molecule has 176 valence electrons. The van der Waals surface area contributed by atoms with Crippen molar-refractivity contribution >= 4 is 21.9 Å². The summed E-state index contributed by atoms with van der Waals surface area (Å²) in [6, 6.07) is 16.2. The predicted molar refractivity (Wildman–Crippen MR) is 141 cm³/mol. The minimum atomic E-state index is 0.962. The molecule has 2 saturated heterocycles. The van der Waals surface area contributed by atoms with Crippen molar-refractivity contribution in [3.63, 3.8) is 0 Å². The molecule has 1 aromatic heterocycles. The monoisotopic (exact) mass is 428 g/mol. The molecule has 0 bridgehead atoms. The Morgan fingerprint density at radius 1 is 0.516 bits per heavy atom. The molecule has 3 aromatic rings. The van der Waals surface area contributed by atoms with E-state index in [1.54, 1.807) is 0 Å². The number of fused-ring (bicyclic) bond motifs is 3. The van der Waals surface area contributed by atoms with Crippen LogP contribution < -0.4 is 0 Å². The topological polar surface area (TPSA) is 19.6 Å². The third kappa shape index (κ3) is 10.8. The molecule has 0 amide bonds. The van der Waals surface area contributed by atoms with Gasteiger partial charge in [-0.25, -0.2) is 0 Å². The fraction of sp³-hybridized carbons (Fsp3) is 0.571. The highest BCUT2D eigenvalue weighted by Crippen LogP contribution is 2.27. The van der Waals surface area contributed by atoms with Gasteiger partial charge >= 0.3 is 0 Å². The fourth-order valence-electron chi connectivity index (χ4n) is 3.43. The molecule has 5 rings (SSSR count). The first-order valence-electron chi connectivity index (χ1n) is 12.5. The van der Waals surface area contributed by atoms with Gasteiger partial charge in [-0.1, -0.05) is 77.9 Å². The molecule has 2 aromatic carbocycles. The minimum Gasteiger partial charge on any atom is -0.456 e. The van der Waals surface area contributed by atoms with Gasteiger partial charge in [0.2, 0.25) is 0 Å². The Labute approximate surface area is 192 Å². The lowest BCUT2D eigenvalue weighted by Crippen LogP contribution is -2.10. The van der Waals surface area contributed by atoms with Gasteiger partial charge < -0.3 is 14.2 Å². The summed E-state index contributed by atoms with van der Waals surface area (Å²) in [4.78, 5) is 4.72. The Bertz CT molecular complexity index is 704. The van der Waals surface area contributed by atoms with Crippen LogP contribution in [0.2, 0.25) is 0 Å². The maximum Gasteiger partial charge on any atom is 0.135 e. The van der Waals surface area contributed by atoms with Gasteiger partial charge in [0.1, 0.15) is 11.2 Å². The van der Waals surface area contributed by atoms with Gasteiger partial charge in [-0.3, -0.25) is 0 Å². The summed E-state index contributed by atoms with van der Waals surface area (Å²) in [5.74, 6) is 0. The van der Waals surface area contributed by atoms with Crippen molar-refractivity contribution in [2.45, 2.75) is 67.2 Å². The summed E-state index contributed by atoms with van der Waals surface area (Å²) >= 11 is 0. The molecule has 0 aliphatic carbocycles. The molecule has 0 radical (unpaired) electrons. The number of hydrogen-bond donors (Lipinski definition) is 0. The van der Waals surface area contributed by atoms with E-state index in [4.69, 9.17) is 4.42 Å². The standard InChI is InChI=1S/C12H8O.2C5H11N.3C2H6/c1-3-7-11-9(5-1)10-6-2-4-8-12(10)13-11;2*1-6-4-2-3-5-6;3*1-2/h1-8H;2*2-5H2,1H3;3*1-2H3. The molecule has 0 spiro atoms. The smallest absolute Gasteiger partial charge is 0.135 e. The number of furan rings is 1. The van der Waals surface area contributed by atoms with Crippen molar-refractivity contribution in [2.24, 2.45) is 0 Å². The van der Waals surface area contributed by atoms with Crippen molar-refractivity contribution in [1.82, 2.24) is 9.80 Å². The number of hydrogen-bond acceptors (Lipinski definition) is 3. The Morgan fingerprint density at radius 3 is 1.06 bits per heavy atom. The van der Waals surface area contributed by atoms with E-state index < -0.39 is 0 Å². The van der Waals surface area contributed by atoms with E-state index in [1.807, 2.05) is 77.9 Å². The summed E-state index contributed by atoms with van der Waals surface area (Å²) in [5.41, 5.74) is 1.92. The van der Waals surface area contributed by atoms with Crippen molar-refractivity contribution in [3.05, 3.63) is 48.5 Å². The summed E-state index contributed by atoms with van der Waals surface area (Å²) < 4.78 is 5.65. The molecule has 3 nitrogen and oxygen atoms in total. The molecule has 3 heterocycles. The molecule has 0 N–H and O–H groups in total. The highest BCUT2D eigenvalue weighted by atomic mass is 16.3. The van der Waals surface area contributed by atoms with Crippen molar-refractivity contribution in [1.29, 1.82) is 0 Å². The molecule has 31 heavy (non-hydrogen) atoms. The van der Waals surface area contributed by atoms with E-state index in [0.717, 1.165) is 11.2 Å². The molecule has 0 atom stereocenters. The van der Waals surface area contributed by atoms with Crippen LogP contribution in [0.5, 0.6) is 0 Å². The van der Waals surface area contributed by atoms with E-state index >= 15 is 0 Å². The van der Waals surface area contributed by atoms with E-state index in [2.05, 4.69) is 36.0 Å². The fourth-order valence-corrected chi connectivity index (χ4v) is 3.43. The van der Waals surface area contributed by atoms with Crippen LogP contribution in [0.3, 0.4) is 0 Å². The zero-order valence-corrected chi connectivity index (χ0v) is 21.6. The van der Waals surface area contributed by atoms with Gasteiger partial charge in [-0.15, -0.1) is 0 Å². The summed E-state index contributed by atoms with van der Waals surface area (Å²) in [6.45, 7) is 17.3. The van der Waals surface area contributed by atoms with E-state index in [0.29, 0.717) is 0 Å². The first-order valence-corrected chi connectivity index (χ1v) is 12.5. The third-order valence-electron chi connectivity index (χ3n) is 4.94. The zero-order chi connectivity index (χ0) is 23.5. The molecule has 2 aliphatic rings. The highest BCUT2D eigenvalue weighted by molar-refractivity contribution is 6.04. The number of nitrogens with zero attached hydrogens (tertiary/aromatic N) is 2. The lowest BCUT2D eigenvalue weighted by molar-refractivity contribution is 0.418. The van der Waals surface area contributed by atoms with E-state index in [9.17, 15) is 0 Å². The number of likely N-dealkylation sites (tertiary alicyclic amines) is 2. The van der Waals surface area contributed by atoms with Crippen LogP contribution in [-0.4, -0.2) is 50.1 Å². The molecular formula is C28H48N2O. The van der Waals surface area contributed by atoms with Crippen LogP contribution in [0.15, 0.2) is 52.9 Å². The lowest BCUT2D eigenvalue weighted by Gasteiger charge is -2.01. The maximum absolute atomic E-state index is 5.65. The highest BCUT2D eigenvalue weighted by Gasteiger charge is 2.04. The van der Waals surface area contributed by atoms with Crippen LogP contribution in [-0.2, 0) is 0 Å². The normalized spacial score (nSPS) is 15.1. The number of rotatable bonds is 0. The lowest BCUT2D eigenvalue weighted by atomic mass is 10.2. The van der Waals surface area contributed by atoms with Gasteiger partial charge in [0.05, 0.1) is 0 Å². The molecular weight excluding hydrogens is 380 g/mol. The summed E-state index contributed by atoms with van der Waals surface area (Å²) in [7, 11) is 4.35. The maximum atomic E-state index is 5.65.